The maximum atomic E-state index is 13.4. The summed E-state index contributed by atoms with van der Waals surface area (Å²) < 4.78 is 15.6. The number of imidazole rings is 1. The molecule has 2 aromatic rings. The summed E-state index contributed by atoms with van der Waals surface area (Å²) in [6.45, 7) is 8.64. The average molecular weight is 292 g/mol. The maximum Gasteiger partial charge on any atom is 0.125 e. The summed E-state index contributed by atoms with van der Waals surface area (Å²) in [4.78, 5) is 6.95. The van der Waals surface area contributed by atoms with Crippen LogP contribution in [0.2, 0.25) is 0 Å². The molecule has 0 amide bonds. The van der Waals surface area contributed by atoms with Crippen molar-refractivity contribution in [2.45, 2.75) is 39.8 Å². The number of hydrogen-bond donors (Lipinski definition) is 1. The molecular formula is C16H25FN4. The number of benzene rings is 1. The van der Waals surface area contributed by atoms with E-state index in [0.29, 0.717) is 6.54 Å². The second-order valence-electron chi connectivity index (χ2n) is 5.27. The highest BCUT2D eigenvalue weighted by atomic mass is 19.1. The summed E-state index contributed by atoms with van der Waals surface area (Å²) in [5.74, 6) is 0.778. The Morgan fingerprint density at radius 2 is 2.00 bits per heavy atom. The van der Waals surface area contributed by atoms with Gasteiger partial charge < -0.3 is 10.3 Å². The molecule has 1 aromatic heterocycles. The van der Waals surface area contributed by atoms with E-state index in [9.17, 15) is 4.39 Å². The van der Waals surface area contributed by atoms with E-state index < -0.39 is 0 Å². The van der Waals surface area contributed by atoms with Crippen molar-refractivity contribution in [2.24, 2.45) is 5.73 Å². The Morgan fingerprint density at radius 3 is 2.67 bits per heavy atom. The van der Waals surface area contributed by atoms with Gasteiger partial charge in [-0.15, -0.1) is 0 Å². The van der Waals surface area contributed by atoms with E-state index in [0.717, 1.165) is 55.9 Å². The number of rotatable bonds is 8. The number of fused-ring (bicyclic) bond motifs is 1. The van der Waals surface area contributed by atoms with Crippen LogP contribution in [0.1, 0.15) is 32.5 Å². The Kier molecular flexibility index (Phi) is 5.70. The number of aryl methyl sites for hydroxylation is 1. The van der Waals surface area contributed by atoms with Gasteiger partial charge in [0.1, 0.15) is 11.6 Å². The molecular weight excluding hydrogens is 267 g/mol. The monoisotopic (exact) mass is 292 g/mol. The van der Waals surface area contributed by atoms with E-state index in [2.05, 4.69) is 28.3 Å². The lowest BCUT2D eigenvalue weighted by Crippen LogP contribution is -2.24. The molecule has 0 spiro atoms. The Morgan fingerprint density at radius 1 is 1.24 bits per heavy atom. The molecule has 0 aliphatic rings. The first-order chi connectivity index (χ1) is 10.2. The normalized spacial score (nSPS) is 11.7. The zero-order valence-electron chi connectivity index (χ0n) is 13.0. The summed E-state index contributed by atoms with van der Waals surface area (Å²) in [6.07, 6.45) is 2.01. The molecule has 0 saturated carbocycles. The van der Waals surface area contributed by atoms with Crippen LogP contribution in [0, 0.1) is 5.82 Å². The molecule has 0 saturated heterocycles. The largest absolute Gasteiger partial charge is 0.330 e. The van der Waals surface area contributed by atoms with Gasteiger partial charge in [-0.1, -0.05) is 13.8 Å². The molecule has 21 heavy (non-hydrogen) atoms. The van der Waals surface area contributed by atoms with Crippen molar-refractivity contribution in [1.29, 1.82) is 0 Å². The minimum Gasteiger partial charge on any atom is -0.330 e. The predicted molar refractivity (Wildman–Crippen MR) is 84.6 cm³/mol. The quantitative estimate of drug-likeness (QED) is 0.761. The van der Waals surface area contributed by atoms with Crippen LogP contribution in [0.4, 0.5) is 4.39 Å². The molecule has 0 aliphatic carbocycles. The minimum absolute atomic E-state index is 0.233. The summed E-state index contributed by atoms with van der Waals surface area (Å²) in [5.41, 5.74) is 7.33. The molecule has 2 rings (SSSR count). The topological polar surface area (TPSA) is 47.1 Å². The first kappa shape index (κ1) is 15.9. The van der Waals surface area contributed by atoms with E-state index in [4.69, 9.17) is 5.73 Å². The number of aromatic nitrogens is 2. The summed E-state index contributed by atoms with van der Waals surface area (Å²) in [5, 5.41) is 0. The molecule has 4 nitrogen and oxygen atoms in total. The summed E-state index contributed by atoms with van der Waals surface area (Å²) >= 11 is 0. The number of unbranched alkanes of at least 4 members (excludes halogenated alkanes) is 1. The highest BCUT2D eigenvalue weighted by Crippen LogP contribution is 2.19. The molecule has 0 atom stereocenters. The molecule has 1 aromatic carbocycles. The number of nitrogens with zero attached hydrogens (tertiary/aromatic N) is 3. The van der Waals surface area contributed by atoms with Crippen molar-refractivity contribution < 1.29 is 4.39 Å². The van der Waals surface area contributed by atoms with Crippen molar-refractivity contribution in [3.8, 4) is 0 Å². The van der Waals surface area contributed by atoms with Gasteiger partial charge in [-0.2, -0.15) is 0 Å². The van der Waals surface area contributed by atoms with E-state index in [1.165, 1.54) is 12.1 Å². The third kappa shape index (κ3) is 3.80. The van der Waals surface area contributed by atoms with Crippen LogP contribution in [0.3, 0.4) is 0 Å². The molecule has 0 bridgehead atoms. The van der Waals surface area contributed by atoms with Crippen LogP contribution >= 0.6 is 0 Å². The van der Waals surface area contributed by atoms with Crippen LogP contribution in [-0.4, -0.2) is 34.1 Å². The third-order valence-electron chi connectivity index (χ3n) is 3.88. The van der Waals surface area contributed by atoms with E-state index in [-0.39, 0.29) is 5.82 Å². The van der Waals surface area contributed by atoms with Gasteiger partial charge in [-0.25, -0.2) is 9.37 Å². The van der Waals surface area contributed by atoms with Gasteiger partial charge in [0.25, 0.3) is 0 Å². The fraction of sp³-hybridized carbons (Fsp3) is 0.562. The summed E-state index contributed by atoms with van der Waals surface area (Å²) in [7, 11) is 0. The first-order valence-electron chi connectivity index (χ1n) is 7.76. The standard InChI is InChI=1S/C16H25FN4/c1-3-20(4-2)12-16-19-14-11-13(17)7-8-15(14)21(16)10-6-5-9-18/h7-8,11H,3-6,9-10,12,18H2,1-2H3. The van der Waals surface area contributed by atoms with Gasteiger partial charge >= 0.3 is 0 Å². The maximum absolute atomic E-state index is 13.4. The van der Waals surface area contributed by atoms with Crippen molar-refractivity contribution in [3.05, 3.63) is 29.8 Å². The lowest BCUT2D eigenvalue weighted by Gasteiger charge is -2.18. The van der Waals surface area contributed by atoms with E-state index in [1.807, 2.05) is 6.07 Å². The fourth-order valence-corrected chi connectivity index (χ4v) is 2.58. The predicted octanol–water partition coefficient (Wildman–Crippen LogP) is 2.76. The molecule has 116 valence electrons. The smallest absolute Gasteiger partial charge is 0.125 e. The highest BCUT2D eigenvalue weighted by molar-refractivity contribution is 5.76. The lowest BCUT2D eigenvalue weighted by molar-refractivity contribution is 0.283. The van der Waals surface area contributed by atoms with Gasteiger partial charge in [0.05, 0.1) is 17.6 Å². The van der Waals surface area contributed by atoms with Crippen molar-refractivity contribution in [1.82, 2.24) is 14.5 Å². The zero-order valence-corrected chi connectivity index (χ0v) is 13.0. The van der Waals surface area contributed by atoms with Crippen LogP contribution in [0.15, 0.2) is 18.2 Å². The number of hydrogen-bond acceptors (Lipinski definition) is 3. The zero-order chi connectivity index (χ0) is 15.2. The Hall–Kier alpha value is -1.46. The second kappa shape index (κ2) is 7.52. The molecule has 1 heterocycles. The Bertz CT molecular complexity index is 575. The van der Waals surface area contributed by atoms with Gasteiger partial charge in [-0.05, 0) is 44.6 Å². The fourth-order valence-electron chi connectivity index (χ4n) is 2.58. The van der Waals surface area contributed by atoms with Crippen LogP contribution < -0.4 is 5.73 Å². The SMILES string of the molecule is CCN(CC)Cc1nc2cc(F)ccc2n1CCCCN. The van der Waals surface area contributed by atoms with Gasteiger partial charge in [0.2, 0.25) is 0 Å². The number of halogens is 1. The summed E-state index contributed by atoms with van der Waals surface area (Å²) in [6, 6.07) is 4.84. The Labute approximate surface area is 125 Å². The van der Waals surface area contributed by atoms with Crippen LogP contribution in [-0.2, 0) is 13.1 Å². The minimum atomic E-state index is -0.233. The third-order valence-corrected chi connectivity index (χ3v) is 3.88. The van der Waals surface area contributed by atoms with Crippen LogP contribution in [0.5, 0.6) is 0 Å². The molecule has 0 radical (unpaired) electrons. The van der Waals surface area contributed by atoms with Gasteiger partial charge in [0, 0.05) is 12.6 Å². The molecule has 2 N–H and O–H groups in total. The van der Waals surface area contributed by atoms with Crippen molar-refractivity contribution in [3.63, 3.8) is 0 Å². The molecule has 0 unspecified atom stereocenters. The van der Waals surface area contributed by atoms with Gasteiger partial charge in [0.15, 0.2) is 0 Å². The Balaban J connectivity index is 2.33. The highest BCUT2D eigenvalue weighted by Gasteiger charge is 2.13. The van der Waals surface area contributed by atoms with Gasteiger partial charge in [-0.3, -0.25) is 4.90 Å². The molecule has 0 fully saturated rings. The van der Waals surface area contributed by atoms with Crippen molar-refractivity contribution >= 4 is 11.0 Å². The van der Waals surface area contributed by atoms with Crippen molar-refractivity contribution in [2.75, 3.05) is 19.6 Å². The molecule has 5 heteroatoms. The van der Waals surface area contributed by atoms with Crippen LogP contribution in [0.25, 0.3) is 11.0 Å². The number of nitrogens with two attached hydrogens (primary N) is 1. The average Bonchev–Trinajstić information content (AvgIpc) is 2.81. The second-order valence-corrected chi connectivity index (χ2v) is 5.27. The lowest BCUT2D eigenvalue weighted by atomic mass is 10.2. The molecule has 0 aliphatic heterocycles. The van der Waals surface area contributed by atoms with E-state index in [1.54, 1.807) is 0 Å². The first-order valence-corrected chi connectivity index (χ1v) is 7.76. The van der Waals surface area contributed by atoms with E-state index >= 15 is 0 Å².